The summed E-state index contributed by atoms with van der Waals surface area (Å²) in [6.07, 6.45) is 3.34. The highest BCUT2D eigenvalue weighted by Crippen LogP contribution is 2.19. The van der Waals surface area contributed by atoms with Crippen molar-refractivity contribution in [1.82, 2.24) is 4.57 Å². The van der Waals surface area contributed by atoms with E-state index < -0.39 is 11.7 Å². The van der Waals surface area contributed by atoms with Crippen molar-refractivity contribution in [3.63, 3.8) is 0 Å². The molecule has 1 amide bonds. The second kappa shape index (κ2) is 8.02. The molecule has 0 radical (unpaired) electrons. The van der Waals surface area contributed by atoms with Gasteiger partial charge in [-0.15, -0.1) is 0 Å². The van der Waals surface area contributed by atoms with Crippen LogP contribution in [0, 0.1) is 17.1 Å². The summed E-state index contributed by atoms with van der Waals surface area (Å²) in [5.74, 6) is -0.229. The van der Waals surface area contributed by atoms with Gasteiger partial charge < -0.3 is 14.6 Å². The predicted molar refractivity (Wildman–Crippen MR) is 101 cm³/mol. The van der Waals surface area contributed by atoms with Crippen molar-refractivity contribution in [1.29, 1.82) is 5.26 Å². The molecule has 0 spiro atoms. The maximum atomic E-state index is 13.0. The van der Waals surface area contributed by atoms with Crippen LogP contribution < -0.4 is 10.1 Å². The number of benzene rings is 2. The molecule has 0 saturated carbocycles. The molecule has 0 atom stereocenters. The van der Waals surface area contributed by atoms with Crippen LogP contribution in [0.15, 0.2) is 72.4 Å². The normalized spacial score (nSPS) is 10.9. The van der Waals surface area contributed by atoms with Gasteiger partial charge in [-0.1, -0.05) is 0 Å². The molecule has 27 heavy (non-hydrogen) atoms. The maximum Gasteiger partial charge on any atom is 0.266 e. The van der Waals surface area contributed by atoms with E-state index in [4.69, 9.17) is 4.74 Å². The summed E-state index contributed by atoms with van der Waals surface area (Å²) in [5, 5.41) is 12.0. The Bertz CT molecular complexity index is 1010. The number of methoxy groups -OCH3 is 1. The maximum absolute atomic E-state index is 13.0. The fourth-order valence-electron chi connectivity index (χ4n) is 2.52. The molecule has 0 fully saturated rings. The number of ether oxygens (including phenoxy) is 1. The van der Waals surface area contributed by atoms with Crippen molar-refractivity contribution in [3.8, 4) is 17.5 Å². The fourth-order valence-corrected chi connectivity index (χ4v) is 2.52. The summed E-state index contributed by atoms with van der Waals surface area (Å²) in [4.78, 5) is 12.4. The van der Waals surface area contributed by atoms with Crippen molar-refractivity contribution in [3.05, 3.63) is 83.9 Å². The lowest BCUT2D eigenvalue weighted by Crippen LogP contribution is -2.13. The number of nitrogens with zero attached hydrogens (tertiary/aromatic N) is 2. The zero-order valence-electron chi connectivity index (χ0n) is 14.5. The number of nitriles is 1. The van der Waals surface area contributed by atoms with E-state index in [1.54, 1.807) is 13.2 Å². The Morgan fingerprint density at radius 3 is 2.48 bits per heavy atom. The van der Waals surface area contributed by atoms with Crippen molar-refractivity contribution in [2.75, 3.05) is 12.4 Å². The van der Waals surface area contributed by atoms with Crippen LogP contribution in [0.4, 0.5) is 10.1 Å². The standard InChI is InChI=1S/C21H16FN3O2/c1-27-20-10-8-18(9-11-20)25-12-2-3-19(25)13-15(14-23)21(26)24-17-6-4-16(22)5-7-17/h2-13H,1H3,(H,24,26)/b15-13-. The van der Waals surface area contributed by atoms with Gasteiger partial charge in [0.1, 0.15) is 23.2 Å². The van der Waals surface area contributed by atoms with E-state index >= 15 is 0 Å². The molecule has 0 aliphatic carbocycles. The molecule has 6 heteroatoms. The number of carbonyl (C=O) groups excluding carboxylic acids is 1. The van der Waals surface area contributed by atoms with Gasteiger partial charge in [0.15, 0.2) is 0 Å². The van der Waals surface area contributed by atoms with Gasteiger partial charge in [-0.05, 0) is 66.7 Å². The SMILES string of the molecule is COc1ccc(-n2cccc2/C=C(/C#N)C(=O)Nc2ccc(F)cc2)cc1. The van der Waals surface area contributed by atoms with Crippen LogP contribution in [-0.2, 0) is 4.79 Å². The Morgan fingerprint density at radius 1 is 1.15 bits per heavy atom. The molecule has 0 saturated heterocycles. The second-order valence-corrected chi connectivity index (χ2v) is 5.63. The highest BCUT2D eigenvalue weighted by molar-refractivity contribution is 6.09. The Labute approximate surface area is 155 Å². The van der Waals surface area contributed by atoms with Gasteiger partial charge >= 0.3 is 0 Å². The topological polar surface area (TPSA) is 67.0 Å². The third-order valence-electron chi connectivity index (χ3n) is 3.89. The quantitative estimate of drug-likeness (QED) is 0.548. The highest BCUT2D eigenvalue weighted by Gasteiger charge is 2.11. The molecule has 0 aliphatic heterocycles. The molecule has 1 heterocycles. The van der Waals surface area contributed by atoms with Gasteiger partial charge in [0.25, 0.3) is 5.91 Å². The van der Waals surface area contributed by atoms with Gasteiger partial charge in [-0.3, -0.25) is 4.79 Å². The number of carbonyl (C=O) groups is 1. The monoisotopic (exact) mass is 361 g/mol. The molecular formula is C21H16FN3O2. The molecule has 1 N–H and O–H groups in total. The summed E-state index contributed by atoms with van der Waals surface area (Å²) in [6.45, 7) is 0. The first-order chi connectivity index (χ1) is 13.1. The van der Waals surface area contributed by atoms with E-state index in [0.717, 1.165) is 11.4 Å². The number of amides is 1. The third kappa shape index (κ3) is 4.22. The minimum Gasteiger partial charge on any atom is -0.497 e. The molecule has 1 aromatic heterocycles. The highest BCUT2D eigenvalue weighted by atomic mass is 19.1. The van der Waals surface area contributed by atoms with Gasteiger partial charge in [0, 0.05) is 23.3 Å². The molecule has 134 valence electrons. The molecule has 2 aromatic carbocycles. The Kier molecular flexibility index (Phi) is 5.33. The summed E-state index contributed by atoms with van der Waals surface area (Å²) < 4.78 is 20.0. The van der Waals surface area contributed by atoms with Crippen LogP contribution in [0.1, 0.15) is 5.69 Å². The summed E-state index contributed by atoms with van der Waals surface area (Å²) >= 11 is 0. The zero-order valence-corrected chi connectivity index (χ0v) is 14.5. The molecule has 0 aliphatic rings. The number of anilines is 1. The van der Waals surface area contributed by atoms with Gasteiger partial charge in [-0.2, -0.15) is 5.26 Å². The van der Waals surface area contributed by atoms with Crippen LogP contribution >= 0.6 is 0 Å². The number of halogens is 1. The molecule has 3 aromatic rings. The van der Waals surface area contributed by atoms with Crippen molar-refractivity contribution < 1.29 is 13.9 Å². The van der Waals surface area contributed by atoms with Crippen molar-refractivity contribution >= 4 is 17.7 Å². The Morgan fingerprint density at radius 2 is 1.85 bits per heavy atom. The van der Waals surface area contributed by atoms with E-state index in [0.29, 0.717) is 11.4 Å². The number of aromatic nitrogens is 1. The summed E-state index contributed by atoms with van der Waals surface area (Å²) in [6, 6.07) is 18.3. The number of nitrogens with one attached hydrogen (secondary N) is 1. The van der Waals surface area contributed by atoms with E-state index in [9.17, 15) is 14.4 Å². The first-order valence-corrected chi connectivity index (χ1v) is 8.11. The Hall–Kier alpha value is -3.85. The van der Waals surface area contributed by atoms with E-state index in [1.807, 2.05) is 47.2 Å². The minimum absolute atomic E-state index is 0.0622. The average Bonchev–Trinajstić information content (AvgIpc) is 3.16. The van der Waals surface area contributed by atoms with Gasteiger partial charge in [0.2, 0.25) is 0 Å². The smallest absolute Gasteiger partial charge is 0.266 e. The first-order valence-electron chi connectivity index (χ1n) is 8.11. The average molecular weight is 361 g/mol. The van der Waals surface area contributed by atoms with E-state index in [2.05, 4.69) is 5.32 Å². The number of rotatable bonds is 5. The van der Waals surface area contributed by atoms with Crippen LogP contribution in [0.25, 0.3) is 11.8 Å². The molecular weight excluding hydrogens is 345 g/mol. The number of hydrogen-bond donors (Lipinski definition) is 1. The fraction of sp³-hybridized carbons (Fsp3) is 0.0476. The largest absolute Gasteiger partial charge is 0.497 e. The second-order valence-electron chi connectivity index (χ2n) is 5.63. The van der Waals surface area contributed by atoms with Crippen LogP contribution in [0.3, 0.4) is 0 Å². The molecule has 0 bridgehead atoms. The number of hydrogen-bond acceptors (Lipinski definition) is 3. The van der Waals surface area contributed by atoms with Crippen LogP contribution in [-0.4, -0.2) is 17.6 Å². The van der Waals surface area contributed by atoms with Gasteiger partial charge in [0.05, 0.1) is 7.11 Å². The first kappa shape index (κ1) is 18.0. The van der Waals surface area contributed by atoms with E-state index in [1.165, 1.54) is 30.3 Å². The van der Waals surface area contributed by atoms with Crippen LogP contribution in [0.2, 0.25) is 0 Å². The minimum atomic E-state index is -0.563. The lowest BCUT2D eigenvalue weighted by atomic mass is 10.2. The van der Waals surface area contributed by atoms with Gasteiger partial charge in [-0.25, -0.2) is 4.39 Å². The van der Waals surface area contributed by atoms with Crippen LogP contribution in [0.5, 0.6) is 5.75 Å². The summed E-state index contributed by atoms with van der Waals surface area (Å²) in [7, 11) is 1.60. The zero-order chi connectivity index (χ0) is 19.2. The molecule has 0 unspecified atom stereocenters. The predicted octanol–water partition coefficient (Wildman–Crippen LogP) is 4.17. The van der Waals surface area contributed by atoms with Crippen molar-refractivity contribution in [2.45, 2.75) is 0 Å². The summed E-state index contributed by atoms with van der Waals surface area (Å²) in [5.41, 5.74) is 1.88. The third-order valence-corrected chi connectivity index (χ3v) is 3.89. The van der Waals surface area contributed by atoms with E-state index in [-0.39, 0.29) is 5.57 Å². The lowest BCUT2D eigenvalue weighted by Gasteiger charge is -2.08. The Balaban J connectivity index is 1.85. The molecule has 3 rings (SSSR count). The molecule has 5 nitrogen and oxygen atoms in total. The van der Waals surface area contributed by atoms with Crippen molar-refractivity contribution in [2.24, 2.45) is 0 Å². The lowest BCUT2D eigenvalue weighted by molar-refractivity contribution is -0.112.